The minimum atomic E-state index is 0.867. The predicted molar refractivity (Wildman–Crippen MR) is 199 cm³/mol. The number of benzene rings is 7. The third-order valence-corrected chi connectivity index (χ3v) is 9.51. The summed E-state index contributed by atoms with van der Waals surface area (Å²) < 4.78 is 4.58. The van der Waals surface area contributed by atoms with Crippen LogP contribution in [0.4, 0.5) is 0 Å². The van der Waals surface area contributed by atoms with Crippen molar-refractivity contribution in [2.75, 3.05) is 0 Å². The van der Waals surface area contributed by atoms with Crippen molar-refractivity contribution in [1.82, 2.24) is 19.1 Å². The Hall–Kier alpha value is -6.52. The van der Waals surface area contributed by atoms with E-state index in [1.807, 2.05) is 30.3 Å². The van der Waals surface area contributed by atoms with Crippen molar-refractivity contribution in [1.29, 1.82) is 0 Å². The Labute approximate surface area is 276 Å². The van der Waals surface area contributed by atoms with Gasteiger partial charge in [-0.15, -0.1) is 0 Å². The maximum Gasteiger partial charge on any atom is 0.165 e. The third-order valence-electron chi connectivity index (χ3n) is 9.51. The standard InChI is InChI=1S/C44H28N4/c1-3-11-33(12-4-1)47-40-18-10-7-15-35(40)36-27-31(23-25-41(36)47)29-19-21-30(22-20-29)32-24-26-42-37(28-32)43-44(48(42)34-13-5-2-6-14-34)46-39-17-9-8-16-38(39)45-43/h1-28H. The van der Waals surface area contributed by atoms with Gasteiger partial charge in [-0.25, -0.2) is 9.97 Å². The highest BCUT2D eigenvalue weighted by atomic mass is 15.1. The van der Waals surface area contributed by atoms with Gasteiger partial charge < -0.3 is 4.57 Å². The van der Waals surface area contributed by atoms with E-state index >= 15 is 0 Å². The van der Waals surface area contributed by atoms with Gasteiger partial charge in [0.1, 0.15) is 5.52 Å². The summed E-state index contributed by atoms with van der Waals surface area (Å²) in [7, 11) is 0. The average Bonchev–Trinajstić information content (AvgIpc) is 3.66. The van der Waals surface area contributed by atoms with Gasteiger partial charge in [-0.05, 0) is 89.0 Å². The van der Waals surface area contributed by atoms with Gasteiger partial charge in [0.25, 0.3) is 0 Å². The first-order chi connectivity index (χ1) is 23.8. The Kier molecular flexibility index (Phi) is 5.84. The molecule has 10 aromatic rings. The zero-order valence-electron chi connectivity index (χ0n) is 26.0. The summed E-state index contributed by atoms with van der Waals surface area (Å²) in [5.74, 6) is 0. The molecule has 3 aromatic heterocycles. The van der Waals surface area contributed by atoms with Gasteiger partial charge in [0, 0.05) is 27.5 Å². The number of fused-ring (bicyclic) bond motifs is 7. The fourth-order valence-corrected chi connectivity index (χ4v) is 7.24. The maximum atomic E-state index is 5.12. The van der Waals surface area contributed by atoms with E-state index in [0.29, 0.717) is 0 Å². The Balaban J connectivity index is 1.08. The second-order valence-electron chi connectivity index (χ2n) is 12.3. The van der Waals surface area contributed by atoms with Crippen molar-refractivity contribution in [2.45, 2.75) is 0 Å². The number of hydrogen-bond donors (Lipinski definition) is 0. The molecular weight excluding hydrogens is 585 g/mol. The monoisotopic (exact) mass is 612 g/mol. The minimum absolute atomic E-state index is 0.867. The highest BCUT2D eigenvalue weighted by Crippen LogP contribution is 2.37. The number of hydrogen-bond acceptors (Lipinski definition) is 2. The molecule has 4 nitrogen and oxygen atoms in total. The Morgan fingerprint density at radius 2 is 0.812 bits per heavy atom. The molecule has 0 atom stereocenters. The van der Waals surface area contributed by atoms with Gasteiger partial charge in [-0.1, -0.05) is 103 Å². The summed E-state index contributed by atoms with van der Waals surface area (Å²) >= 11 is 0. The first kappa shape index (κ1) is 26.7. The van der Waals surface area contributed by atoms with E-state index in [1.165, 1.54) is 38.6 Å². The lowest BCUT2D eigenvalue weighted by atomic mass is 9.98. The number of rotatable bonds is 4. The van der Waals surface area contributed by atoms with Crippen LogP contribution in [-0.2, 0) is 0 Å². The highest BCUT2D eigenvalue weighted by Gasteiger charge is 2.17. The van der Waals surface area contributed by atoms with E-state index in [2.05, 4.69) is 149 Å². The van der Waals surface area contributed by atoms with E-state index in [1.54, 1.807) is 0 Å². The van der Waals surface area contributed by atoms with Crippen LogP contribution in [0.25, 0.3) is 88.5 Å². The second-order valence-corrected chi connectivity index (χ2v) is 12.3. The van der Waals surface area contributed by atoms with Gasteiger partial charge in [-0.2, -0.15) is 0 Å². The van der Waals surface area contributed by atoms with Crippen LogP contribution in [-0.4, -0.2) is 19.1 Å². The molecule has 10 rings (SSSR count). The summed E-state index contributed by atoms with van der Waals surface area (Å²) in [6.07, 6.45) is 0. The topological polar surface area (TPSA) is 35.6 Å². The first-order valence-corrected chi connectivity index (χ1v) is 16.3. The molecule has 0 N–H and O–H groups in total. The molecule has 0 radical (unpaired) electrons. The average molecular weight is 613 g/mol. The normalized spacial score (nSPS) is 11.8. The molecule has 0 aliphatic carbocycles. The molecule has 0 amide bonds. The van der Waals surface area contributed by atoms with Crippen LogP contribution in [0.2, 0.25) is 0 Å². The SMILES string of the molecule is c1ccc(-n2c3ccccc3c3cc(-c4ccc(-c5ccc6c(c5)c5nc7ccccc7nc5n6-c5ccccc5)cc4)ccc32)cc1. The van der Waals surface area contributed by atoms with Crippen molar-refractivity contribution in [2.24, 2.45) is 0 Å². The van der Waals surface area contributed by atoms with Crippen molar-refractivity contribution in [3.63, 3.8) is 0 Å². The van der Waals surface area contributed by atoms with E-state index < -0.39 is 0 Å². The molecular formula is C44H28N4. The predicted octanol–water partition coefficient (Wildman–Crippen LogP) is 11.2. The quantitative estimate of drug-likeness (QED) is 0.198. The number of nitrogens with zero attached hydrogens (tertiary/aromatic N) is 4. The van der Waals surface area contributed by atoms with Gasteiger partial charge in [0.05, 0.1) is 27.6 Å². The van der Waals surface area contributed by atoms with Crippen LogP contribution in [0.1, 0.15) is 0 Å². The molecule has 0 unspecified atom stereocenters. The summed E-state index contributed by atoms with van der Waals surface area (Å²) in [5.41, 5.74) is 14.0. The van der Waals surface area contributed by atoms with Crippen LogP contribution in [0.3, 0.4) is 0 Å². The van der Waals surface area contributed by atoms with Crippen LogP contribution in [0.15, 0.2) is 170 Å². The van der Waals surface area contributed by atoms with E-state index in [4.69, 9.17) is 9.97 Å². The zero-order chi connectivity index (χ0) is 31.6. The van der Waals surface area contributed by atoms with Gasteiger partial charge in [0.2, 0.25) is 0 Å². The first-order valence-electron chi connectivity index (χ1n) is 16.3. The van der Waals surface area contributed by atoms with Crippen LogP contribution in [0.5, 0.6) is 0 Å². The lowest BCUT2D eigenvalue weighted by molar-refractivity contribution is 1.14. The molecule has 0 bridgehead atoms. The molecule has 0 saturated heterocycles. The highest BCUT2D eigenvalue weighted by molar-refractivity contribution is 6.11. The molecule has 0 spiro atoms. The number of aromatic nitrogens is 4. The maximum absolute atomic E-state index is 5.12. The molecule has 0 aliphatic rings. The lowest BCUT2D eigenvalue weighted by Crippen LogP contribution is -1.96. The van der Waals surface area contributed by atoms with E-state index in [-0.39, 0.29) is 0 Å². The molecule has 0 fully saturated rings. The molecule has 48 heavy (non-hydrogen) atoms. The van der Waals surface area contributed by atoms with Crippen molar-refractivity contribution in [3.05, 3.63) is 170 Å². The van der Waals surface area contributed by atoms with Crippen molar-refractivity contribution >= 4 is 54.9 Å². The van der Waals surface area contributed by atoms with Crippen LogP contribution < -0.4 is 0 Å². The summed E-state index contributed by atoms with van der Waals surface area (Å²) in [4.78, 5) is 10.2. The molecule has 224 valence electrons. The second kappa shape index (κ2) is 10.5. The van der Waals surface area contributed by atoms with Crippen molar-refractivity contribution in [3.8, 4) is 33.6 Å². The van der Waals surface area contributed by atoms with E-state index in [9.17, 15) is 0 Å². The van der Waals surface area contributed by atoms with Gasteiger partial charge in [0.15, 0.2) is 5.65 Å². The molecule has 0 saturated carbocycles. The smallest absolute Gasteiger partial charge is 0.165 e. The van der Waals surface area contributed by atoms with Crippen molar-refractivity contribution < 1.29 is 0 Å². The summed E-state index contributed by atoms with van der Waals surface area (Å²) in [6, 6.07) is 60.2. The van der Waals surface area contributed by atoms with Crippen LogP contribution >= 0.6 is 0 Å². The Bertz CT molecular complexity index is 2810. The molecule has 3 heterocycles. The van der Waals surface area contributed by atoms with Gasteiger partial charge >= 0.3 is 0 Å². The van der Waals surface area contributed by atoms with E-state index in [0.717, 1.165) is 49.9 Å². The zero-order valence-corrected chi connectivity index (χ0v) is 26.0. The Morgan fingerprint density at radius 1 is 0.333 bits per heavy atom. The van der Waals surface area contributed by atoms with Gasteiger partial charge in [-0.3, -0.25) is 4.57 Å². The molecule has 4 heteroatoms. The minimum Gasteiger partial charge on any atom is -0.309 e. The molecule has 7 aromatic carbocycles. The van der Waals surface area contributed by atoms with Crippen LogP contribution in [0, 0.1) is 0 Å². The third kappa shape index (κ3) is 4.10. The Morgan fingerprint density at radius 3 is 1.48 bits per heavy atom. The lowest BCUT2D eigenvalue weighted by Gasteiger charge is -2.09. The molecule has 0 aliphatic heterocycles. The summed E-state index contributed by atoms with van der Waals surface area (Å²) in [6.45, 7) is 0. The number of para-hydroxylation sites is 5. The fourth-order valence-electron chi connectivity index (χ4n) is 7.24. The fraction of sp³-hybridized carbons (Fsp3) is 0. The summed E-state index contributed by atoms with van der Waals surface area (Å²) in [5, 5.41) is 3.60. The largest absolute Gasteiger partial charge is 0.309 e.